The highest BCUT2D eigenvalue weighted by molar-refractivity contribution is 6.05. The van der Waals surface area contributed by atoms with E-state index in [1.165, 1.54) is 0 Å². The minimum absolute atomic E-state index is 0.109. The Morgan fingerprint density at radius 2 is 2.10 bits per heavy atom. The topological polar surface area (TPSA) is 60.7 Å². The third-order valence-corrected chi connectivity index (χ3v) is 4.04. The van der Waals surface area contributed by atoms with Crippen molar-refractivity contribution in [3.8, 4) is 0 Å². The van der Waals surface area contributed by atoms with Gasteiger partial charge in [-0.1, -0.05) is 18.2 Å². The number of nitrogens with zero attached hydrogens (tertiary/aromatic N) is 1. The van der Waals surface area contributed by atoms with Crippen LogP contribution in [0, 0.1) is 0 Å². The van der Waals surface area contributed by atoms with E-state index in [1.807, 2.05) is 42.7 Å². The van der Waals surface area contributed by atoms with Crippen molar-refractivity contribution in [2.45, 2.75) is 38.4 Å². The number of hydrogen-bond acceptors (Lipinski definition) is 3. The zero-order valence-electron chi connectivity index (χ0n) is 11.3. The summed E-state index contributed by atoms with van der Waals surface area (Å²) in [6.45, 7) is 4.36. The Hall–Kier alpha value is -1.85. The molecule has 0 amide bonds. The summed E-state index contributed by atoms with van der Waals surface area (Å²) < 4.78 is 13.8. The maximum absolute atomic E-state index is 11.7. The third-order valence-electron chi connectivity index (χ3n) is 4.04. The standard InChI is InChI=1S/C15H15NO4/c1-15(2)19-10-7-16-9-6-4-3-5-8(9)11(14(17)18)12(16)13(10)20-15/h3-6,10,13H,7H2,1-2H3,(H,17,18)/t10-,13-/m1/s1. The van der Waals surface area contributed by atoms with Crippen LogP contribution in [0.4, 0.5) is 0 Å². The number of aromatic carboxylic acids is 1. The number of carboxylic acid groups (broad SMARTS) is 1. The molecule has 5 nitrogen and oxygen atoms in total. The summed E-state index contributed by atoms with van der Waals surface area (Å²) in [6.07, 6.45) is -0.411. The van der Waals surface area contributed by atoms with E-state index < -0.39 is 11.8 Å². The molecule has 2 aliphatic rings. The van der Waals surface area contributed by atoms with Gasteiger partial charge in [0.1, 0.15) is 12.2 Å². The summed E-state index contributed by atoms with van der Waals surface area (Å²) in [6, 6.07) is 7.57. The van der Waals surface area contributed by atoms with Gasteiger partial charge in [-0.05, 0) is 19.9 Å². The minimum Gasteiger partial charge on any atom is -0.478 e. The molecule has 1 aromatic carbocycles. The Kier molecular flexibility index (Phi) is 2.16. The van der Waals surface area contributed by atoms with Gasteiger partial charge in [0.25, 0.3) is 0 Å². The van der Waals surface area contributed by atoms with Gasteiger partial charge in [-0.2, -0.15) is 0 Å². The first-order chi connectivity index (χ1) is 9.48. The van der Waals surface area contributed by atoms with Gasteiger partial charge in [0, 0.05) is 10.9 Å². The molecule has 2 aromatic rings. The molecule has 0 saturated carbocycles. The van der Waals surface area contributed by atoms with Gasteiger partial charge >= 0.3 is 5.97 Å². The Morgan fingerprint density at radius 1 is 1.35 bits per heavy atom. The molecule has 0 spiro atoms. The lowest BCUT2D eigenvalue weighted by Gasteiger charge is -2.18. The molecule has 104 valence electrons. The van der Waals surface area contributed by atoms with Crippen molar-refractivity contribution in [2.75, 3.05) is 0 Å². The molecule has 4 rings (SSSR count). The molecule has 1 saturated heterocycles. The number of hydrogen-bond donors (Lipinski definition) is 1. The van der Waals surface area contributed by atoms with Crippen LogP contribution in [0.5, 0.6) is 0 Å². The molecule has 1 fully saturated rings. The average Bonchev–Trinajstić information content (AvgIpc) is 2.94. The summed E-state index contributed by atoms with van der Waals surface area (Å²) in [5, 5.41) is 10.3. The van der Waals surface area contributed by atoms with Crippen LogP contribution in [0.15, 0.2) is 24.3 Å². The van der Waals surface area contributed by atoms with Crippen molar-refractivity contribution >= 4 is 16.9 Å². The van der Waals surface area contributed by atoms with Crippen LogP contribution in [0.2, 0.25) is 0 Å². The molecule has 0 aliphatic carbocycles. The number of aromatic nitrogens is 1. The highest BCUT2D eigenvalue weighted by atomic mass is 16.8. The number of carbonyl (C=O) groups is 1. The normalized spacial score (nSPS) is 26.7. The lowest BCUT2D eigenvalue weighted by atomic mass is 10.1. The van der Waals surface area contributed by atoms with E-state index >= 15 is 0 Å². The van der Waals surface area contributed by atoms with E-state index in [0.717, 1.165) is 16.6 Å². The fourth-order valence-electron chi connectivity index (χ4n) is 3.42. The van der Waals surface area contributed by atoms with Gasteiger partial charge in [0.05, 0.1) is 17.8 Å². The molecule has 0 unspecified atom stereocenters. The second kappa shape index (κ2) is 3.62. The summed E-state index contributed by atoms with van der Waals surface area (Å²) >= 11 is 0. The Bertz CT molecular complexity index is 731. The predicted molar refractivity (Wildman–Crippen MR) is 71.7 cm³/mol. The van der Waals surface area contributed by atoms with Crippen molar-refractivity contribution in [3.05, 3.63) is 35.5 Å². The van der Waals surface area contributed by atoms with Crippen molar-refractivity contribution in [3.63, 3.8) is 0 Å². The van der Waals surface area contributed by atoms with E-state index in [-0.39, 0.29) is 12.2 Å². The van der Waals surface area contributed by atoms with Crippen LogP contribution in [0.25, 0.3) is 10.9 Å². The first-order valence-electron chi connectivity index (χ1n) is 6.68. The maximum Gasteiger partial charge on any atom is 0.338 e. The second-order valence-corrected chi connectivity index (χ2v) is 5.79. The monoisotopic (exact) mass is 273 g/mol. The Morgan fingerprint density at radius 3 is 2.85 bits per heavy atom. The minimum atomic E-state index is -0.913. The number of para-hydroxylation sites is 1. The van der Waals surface area contributed by atoms with Crippen molar-refractivity contribution in [1.82, 2.24) is 4.57 Å². The number of fused-ring (bicyclic) bond motifs is 5. The average molecular weight is 273 g/mol. The van der Waals surface area contributed by atoms with Gasteiger partial charge in [-0.15, -0.1) is 0 Å². The van der Waals surface area contributed by atoms with Crippen molar-refractivity contribution < 1.29 is 19.4 Å². The van der Waals surface area contributed by atoms with Crippen molar-refractivity contribution in [1.29, 1.82) is 0 Å². The van der Waals surface area contributed by atoms with Crippen LogP contribution in [0.1, 0.15) is 36.0 Å². The van der Waals surface area contributed by atoms with E-state index in [2.05, 4.69) is 0 Å². The number of benzene rings is 1. The molecule has 5 heteroatoms. The quantitative estimate of drug-likeness (QED) is 0.867. The summed E-state index contributed by atoms with van der Waals surface area (Å²) in [5.74, 6) is -1.57. The lowest BCUT2D eigenvalue weighted by Crippen LogP contribution is -2.23. The van der Waals surface area contributed by atoms with E-state index in [0.29, 0.717) is 12.1 Å². The summed E-state index contributed by atoms with van der Waals surface area (Å²) in [7, 11) is 0. The Labute approximate surface area is 115 Å². The predicted octanol–water partition coefficient (Wildman–Crippen LogP) is 2.55. The summed E-state index contributed by atoms with van der Waals surface area (Å²) in [4.78, 5) is 11.7. The molecule has 2 aliphatic heterocycles. The van der Waals surface area contributed by atoms with Gasteiger partial charge in [-0.25, -0.2) is 4.79 Å². The largest absolute Gasteiger partial charge is 0.478 e. The van der Waals surface area contributed by atoms with Crippen LogP contribution >= 0.6 is 0 Å². The van der Waals surface area contributed by atoms with Crippen LogP contribution in [-0.2, 0) is 16.0 Å². The molecule has 0 bridgehead atoms. The fraction of sp³-hybridized carbons (Fsp3) is 0.400. The molecule has 20 heavy (non-hydrogen) atoms. The van der Waals surface area contributed by atoms with E-state index in [1.54, 1.807) is 0 Å². The van der Waals surface area contributed by atoms with Gasteiger partial charge < -0.3 is 19.1 Å². The highest BCUT2D eigenvalue weighted by Crippen LogP contribution is 2.47. The SMILES string of the molecule is CC1(C)O[C@@H]2Cn3c(c(C(=O)O)c4ccccc43)[C@@H]2O1. The molecule has 3 heterocycles. The van der Waals surface area contributed by atoms with E-state index in [4.69, 9.17) is 9.47 Å². The molecule has 2 atom stereocenters. The van der Waals surface area contributed by atoms with Crippen molar-refractivity contribution in [2.24, 2.45) is 0 Å². The highest BCUT2D eigenvalue weighted by Gasteiger charge is 2.49. The van der Waals surface area contributed by atoms with Gasteiger partial charge in [0.15, 0.2) is 5.79 Å². The molecule has 1 aromatic heterocycles. The Balaban J connectivity index is 1.99. The molecular formula is C15H15NO4. The zero-order valence-corrected chi connectivity index (χ0v) is 11.3. The number of carboxylic acids is 1. The van der Waals surface area contributed by atoms with Crippen LogP contribution < -0.4 is 0 Å². The number of rotatable bonds is 1. The second-order valence-electron chi connectivity index (χ2n) is 5.79. The number of ether oxygens (including phenoxy) is 2. The van der Waals surface area contributed by atoms with Gasteiger partial charge in [-0.3, -0.25) is 0 Å². The first-order valence-corrected chi connectivity index (χ1v) is 6.68. The zero-order chi connectivity index (χ0) is 14.1. The maximum atomic E-state index is 11.7. The van der Waals surface area contributed by atoms with Gasteiger partial charge in [0.2, 0.25) is 0 Å². The first kappa shape index (κ1) is 11.9. The molecular weight excluding hydrogens is 258 g/mol. The van der Waals surface area contributed by atoms with E-state index in [9.17, 15) is 9.90 Å². The lowest BCUT2D eigenvalue weighted by molar-refractivity contribution is -0.151. The molecule has 1 N–H and O–H groups in total. The molecule has 0 radical (unpaired) electrons. The van der Waals surface area contributed by atoms with Crippen LogP contribution in [-0.4, -0.2) is 27.5 Å². The third kappa shape index (κ3) is 1.42. The fourth-order valence-corrected chi connectivity index (χ4v) is 3.42. The van der Waals surface area contributed by atoms with Crippen LogP contribution in [0.3, 0.4) is 0 Å². The summed E-state index contributed by atoms with van der Waals surface area (Å²) in [5.41, 5.74) is 2.00. The smallest absolute Gasteiger partial charge is 0.338 e.